The molecule has 0 spiro atoms. The number of hydrogen-bond donors (Lipinski definition) is 3. The van der Waals surface area contributed by atoms with Gasteiger partial charge in [-0.25, -0.2) is 14.8 Å². The van der Waals surface area contributed by atoms with Gasteiger partial charge in [-0.3, -0.25) is 5.32 Å². The second-order valence-electron chi connectivity index (χ2n) is 4.17. The number of carbonyl (C=O) groups is 1. The number of benzene rings is 1. The molecule has 0 fully saturated rings. The molecule has 0 aliphatic rings. The van der Waals surface area contributed by atoms with E-state index >= 15 is 0 Å². The number of thioether (sulfide) groups is 1. The fraction of sp³-hybridized carbons (Fsp3) is 0.214. The molecule has 8 heteroatoms. The van der Waals surface area contributed by atoms with E-state index in [4.69, 9.17) is 4.74 Å². The van der Waals surface area contributed by atoms with Gasteiger partial charge in [0.1, 0.15) is 11.6 Å². The highest BCUT2D eigenvalue weighted by atomic mass is 32.2. The van der Waals surface area contributed by atoms with Crippen molar-refractivity contribution in [2.75, 3.05) is 24.0 Å². The summed E-state index contributed by atoms with van der Waals surface area (Å²) in [5, 5.41) is 15.1. The van der Waals surface area contributed by atoms with E-state index in [1.807, 2.05) is 6.26 Å². The third-order valence-electron chi connectivity index (χ3n) is 2.78. The average Bonchev–Trinajstić information content (AvgIpc) is 2.55. The van der Waals surface area contributed by atoms with Crippen molar-refractivity contribution in [3.05, 3.63) is 36.0 Å². The summed E-state index contributed by atoms with van der Waals surface area (Å²) in [7, 11) is 1.53. The lowest BCUT2D eigenvalue weighted by Gasteiger charge is -2.12. The molecule has 1 aromatic carbocycles. The van der Waals surface area contributed by atoms with E-state index in [0.29, 0.717) is 22.2 Å². The highest BCUT2D eigenvalue weighted by Crippen LogP contribution is 2.23. The number of rotatable bonds is 5. The second-order valence-corrected chi connectivity index (χ2v) is 4.94. The van der Waals surface area contributed by atoms with Gasteiger partial charge in [-0.15, -0.1) is 0 Å². The van der Waals surface area contributed by atoms with Gasteiger partial charge in [0.2, 0.25) is 0 Å². The maximum Gasteiger partial charge on any atom is 0.324 e. The molecule has 0 atom stereocenters. The van der Waals surface area contributed by atoms with Crippen molar-refractivity contribution in [2.24, 2.45) is 0 Å². The molecule has 0 aliphatic heterocycles. The molecular formula is C14H16N4O3S. The maximum absolute atomic E-state index is 12.1. The number of nitrogens with one attached hydrogen (secondary N) is 2. The molecule has 0 bridgehead atoms. The quantitative estimate of drug-likeness (QED) is 0.578. The average molecular weight is 320 g/mol. The van der Waals surface area contributed by atoms with E-state index in [1.165, 1.54) is 25.1 Å². The van der Waals surface area contributed by atoms with Gasteiger partial charge in [0.15, 0.2) is 5.16 Å². The molecule has 2 amide bonds. The summed E-state index contributed by atoms with van der Waals surface area (Å²) in [6.07, 6.45) is 3.31. The molecule has 22 heavy (non-hydrogen) atoms. The molecule has 1 aromatic heterocycles. The number of hydrogen-bond acceptors (Lipinski definition) is 6. The van der Waals surface area contributed by atoms with E-state index in [0.717, 1.165) is 0 Å². The van der Waals surface area contributed by atoms with Crippen LogP contribution < -0.4 is 15.4 Å². The fourth-order valence-corrected chi connectivity index (χ4v) is 2.06. The van der Waals surface area contributed by atoms with Crippen molar-refractivity contribution in [3.8, 4) is 5.75 Å². The Kier molecular flexibility index (Phi) is 5.56. The zero-order chi connectivity index (χ0) is 15.9. The van der Waals surface area contributed by atoms with Gasteiger partial charge in [-0.1, -0.05) is 23.9 Å². The number of nitrogens with zero attached hydrogens (tertiary/aromatic N) is 2. The second kappa shape index (κ2) is 7.62. The van der Waals surface area contributed by atoms with Crippen LogP contribution in [0.15, 0.2) is 35.6 Å². The molecular weight excluding hydrogens is 304 g/mol. The number of amides is 2. The normalized spacial score (nSPS) is 10.1. The van der Waals surface area contributed by atoms with E-state index < -0.39 is 6.03 Å². The zero-order valence-electron chi connectivity index (χ0n) is 12.2. The van der Waals surface area contributed by atoms with Crippen molar-refractivity contribution in [1.82, 2.24) is 9.97 Å². The highest BCUT2D eigenvalue weighted by Gasteiger charge is 2.11. The minimum absolute atomic E-state index is 0.265. The molecule has 116 valence electrons. The zero-order valence-corrected chi connectivity index (χ0v) is 13.0. The van der Waals surface area contributed by atoms with Crippen LogP contribution in [0, 0.1) is 0 Å². The van der Waals surface area contributed by atoms with Gasteiger partial charge in [0.05, 0.1) is 19.4 Å². The number of aliphatic hydroxyl groups is 1. The third-order valence-corrected chi connectivity index (χ3v) is 3.34. The first-order chi connectivity index (χ1) is 10.7. The van der Waals surface area contributed by atoms with E-state index in [9.17, 15) is 9.90 Å². The van der Waals surface area contributed by atoms with Gasteiger partial charge in [0.25, 0.3) is 0 Å². The van der Waals surface area contributed by atoms with Crippen LogP contribution >= 0.6 is 11.8 Å². The van der Waals surface area contributed by atoms with Crippen LogP contribution in [0.1, 0.15) is 5.56 Å². The summed E-state index contributed by atoms with van der Waals surface area (Å²) < 4.78 is 5.17. The van der Waals surface area contributed by atoms with Crippen molar-refractivity contribution in [3.63, 3.8) is 0 Å². The predicted octanol–water partition coefficient (Wildman–Crippen LogP) is 2.34. The number of urea groups is 1. The highest BCUT2D eigenvalue weighted by molar-refractivity contribution is 7.98. The van der Waals surface area contributed by atoms with E-state index in [2.05, 4.69) is 20.6 Å². The Balaban J connectivity index is 2.15. The number of ether oxygens (including phenoxy) is 1. The van der Waals surface area contributed by atoms with Crippen LogP contribution in [0.3, 0.4) is 0 Å². The van der Waals surface area contributed by atoms with Crippen molar-refractivity contribution in [1.29, 1.82) is 0 Å². The molecule has 0 saturated heterocycles. The van der Waals surface area contributed by atoms with Gasteiger partial charge >= 0.3 is 6.03 Å². The van der Waals surface area contributed by atoms with E-state index in [-0.39, 0.29) is 12.4 Å². The minimum atomic E-state index is -0.482. The molecule has 0 radical (unpaired) electrons. The number of para-hydroxylation sites is 2. The molecule has 0 aliphatic carbocycles. The lowest BCUT2D eigenvalue weighted by atomic mass is 10.3. The Morgan fingerprint density at radius 2 is 2.14 bits per heavy atom. The first kappa shape index (κ1) is 16.1. The molecule has 0 unspecified atom stereocenters. The molecule has 2 rings (SSSR count). The van der Waals surface area contributed by atoms with Crippen LogP contribution in [0.25, 0.3) is 0 Å². The lowest BCUT2D eigenvalue weighted by Crippen LogP contribution is -2.21. The van der Waals surface area contributed by atoms with Crippen molar-refractivity contribution in [2.45, 2.75) is 11.8 Å². The Hall–Kier alpha value is -2.32. The SMILES string of the molecule is COc1ccccc1NC(=O)Nc1nc(SC)ncc1CO. The van der Waals surface area contributed by atoms with Gasteiger partial charge in [-0.05, 0) is 18.4 Å². The fourth-order valence-electron chi connectivity index (χ4n) is 1.72. The summed E-state index contributed by atoms with van der Waals surface area (Å²) >= 11 is 1.34. The van der Waals surface area contributed by atoms with Crippen molar-refractivity contribution < 1.29 is 14.6 Å². The smallest absolute Gasteiger partial charge is 0.324 e. The standard InChI is InChI=1S/C14H16N4O3S/c1-21-11-6-4-3-5-10(11)16-13(20)17-12-9(8-19)7-15-14(18-12)22-2/h3-7,19H,8H2,1-2H3,(H2,15,16,17,18,20). The van der Waals surface area contributed by atoms with Crippen molar-refractivity contribution >= 4 is 29.3 Å². The summed E-state index contributed by atoms with van der Waals surface area (Å²) in [6.45, 7) is -0.265. The van der Waals surface area contributed by atoms with Crippen LogP contribution in [-0.2, 0) is 6.61 Å². The molecule has 3 N–H and O–H groups in total. The van der Waals surface area contributed by atoms with Gasteiger partial charge < -0.3 is 15.2 Å². The Labute approximate surface area is 132 Å². The van der Waals surface area contributed by atoms with Gasteiger partial charge in [-0.2, -0.15) is 0 Å². The number of methoxy groups -OCH3 is 1. The third kappa shape index (κ3) is 3.86. The largest absolute Gasteiger partial charge is 0.495 e. The molecule has 7 nitrogen and oxygen atoms in total. The van der Waals surface area contributed by atoms with Crippen LogP contribution in [0.2, 0.25) is 0 Å². The molecule has 2 aromatic rings. The van der Waals surface area contributed by atoms with Gasteiger partial charge in [0, 0.05) is 11.8 Å². The van der Waals surface area contributed by atoms with Crippen LogP contribution in [0.5, 0.6) is 5.75 Å². The lowest BCUT2D eigenvalue weighted by molar-refractivity contribution is 0.261. The molecule has 1 heterocycles. The monoisotopic (exact) mass is 320 g/mol. The minimum Gasteiger partial charge on any atom is -0.495 e. The number of aliphatic hydroxyl groups excluding tert-OH is 1. The summed E-state index contributed by atoms with van der Waals surface area (Å²) in [5.41, 5.74) is 0.972. The Morgan fingerprint density at radius 1 is 1.36 bits per heavy atom. The summed E-state index contributed by atoms with van der Waals surface area (Å²) in [5.74, 6) is 0.821. The Morgan fingerprint density at radius 3 is 2.82 bits per heavy atom. The summed E-state index contributed by atoms with van der Waals surface area (Å²) in [4.78, 5) is 20.3. The van der Waals surface area contributed by atoms with E-state index in [1.54, 1.807) is 24.3 Å². The topological polar surface area (TPSA) is 96.4 Å². The molecule has 0 saturated carbocycles. The van der Waals surface area contributed by atoms with Crippen LogP contribution in [0.4, 0.5) is 16.3 Å². The number of aromatic nitrogens is 2. The number of carbonyl (C=O) groups excluding carboxylic acids is 1. The summed E-state index contributed by atoms with van der Waals surface area (Å²) in [6, 6.07) is 6.57. The Bertz CT molecular complexity index is 666. The first-order valence-corrected chi connectivity index (χ1v) is 7.62. The predicted molar refractivity (Wildman–Crippen MR) is 85.4 cm³/mol. The first-order valence-electron chi connectivity index (χ1n) is 6.39. The number of anilines is 2. The van der Waals surface area contributed by atoms with Crippen LogP contribution in [-0.4, -0.2) is 34.5 Å². The maximum atomic E-state index is 12.1.